The van der Waals surface area contributed by atoms with Crippen molar-refractivity contribution >= 4 is 77.9 Å². The molecule has 0 radical (unpaired) electrons. The number of carbonyl (C=O) groups excluding carboxylic acids is 1. The van der Waals surface area contributed by atoms with Crippen molar-refractivity contribution in [2.45, 2.75) is 44.7 Å². The maximum Gasteiger partial charge on any atom is 0.269 e. The topological polar surface area (TPSA) is 99.9 Å². The van der Waals surface area contributed by atoms with Gasteiger partial charge >= 0.3 is 0 Å². The number of carbonyl (C=O) groups is 1. The molecule has 1 aliphatic carbocycles. The Bertz CT molecular complexity index is 2200. The molecule has 0 bridgehead atoms. The Kier molecular flexibility index (Phi) is 9.03. The van der Waals surface area contributed by atoms with Crippen LogP contribution in [0.25, 0.3) is 16.6 Å². The van der Waals surface area contributed by atoms with E-state index in [1.807, 2.05) is 31.2 Å². The number of thiazole rings is 1. The fourth-order valence-corrected chi connectivity index (χ4v) is 10.00. The van der Waals surface area contributed by atoms with E-state index in [9.17, 15) is 22.6 Å². The number of thioether (sulfide) groups is 1. The first-order valence-electron chi connectivity index (χ1n) is 15.8. The van der Waals surface area contributed by atoms with E-state index in [2.05, 4.69) is 71.8 Å². The molecule has 0 spiro atoms. The van der Waals surface area contributed by atoms with Crippen molar-refractivity contribution in [3.8, 4) is 0 Å². The molecular weight excluding hydrogens is 683 g/mol. The van der Waals surface area contributed by atoms with Crippen molar-refractivity contribution in [3.63, 3.8) is 0 Å². The Morgan fingerprint density at radius 3 is 2.31 bits per heavy atom. The number of aromatic nitrogens is 1. The third kappa shape index (κ3) is 6.23. The molecule has 1 saturated heterocycles. The molecule has 2 atom stereocenters. The zero-order chi connectivity index (χ0) is 33.6. The van der Waals surface area contributed by atoms with Crippen molar-refractivity contribution in [1.29, 1.82) is 0 Å². The molecule has 1 saturated carbocycles. The molecule has 8 nitrogen and oxygen atoms in total. The first-order chi connectivity index (χ1) is 23.1. The Morgan fingerprint density at radius 1 is 1.00 bits per heavy atom. The Hall–Kier alpha value is -3.81. The van der Waals surface area contributed by atoms with E-state index in [0.29, 0.717) is 32.0 Å². The molecule has 3 aromatic carbocycles. The molecule has 3 heterocycles. The molecule has 2 aliphatic heterocycles. The number of rotatable bonds is 8. The van der Waals surface area contributed by atoms with Crippen LogP contribution in [0.5, 0.6) is 0 Å². The first-order valence-corrected chi connectivity index (χ1v) is 19.5. The molecule has 1 N–H and O–H groups in total. The summed E-state index contributed by atoms with van der Waals surface area (Å²) in [5.41, 5.74) is 6.28. The smallest absolute Gasteiger partial charge is 0.269 e. The summed E-state index contributed by atoms with van der Waals surface area (Å²) < 4.78 is 35.1. The summed E-state index contributed by atoms with van der Waals surface area (Å²) in [5, 5.41) is 0. The quantitative estimate of drug-likeness (QED) is 0.198. The predicted octanol–water partition coefficient (Wildman–Crippen LogP) is 5.16. The van der Waals surface area contributed by atoms with Crippen LogP contribution in [0.3, 0.4) is 0 Å². The average molecular weight is 716 g/mol. The average Bonchev–Trinajstić information content (AvgIpc) is 3.82. The second-order valence-electron chi connectivity index (χ2n) is 12.0. The highest BCUT2D eigenvalue weighted by atomic mass is 32.2. The van der Waals surface area contributed by atoms with Gasteiger partial charge in [0.1, 0.15) is 13.9 Å². The van der Waals surface area contributed by atoms with Gasteiger partial charge in [-0.2, -0.15) is 8.42 Å². The molecule has 3 aliphatic rings. The largest absolute Gasteiger partial charge is 0.343 e. The summed E-state index contributed by atoms with van der Waals surface area (Å²) in [6.07, 6.45) is 7.39. The van der Waals surface area contributed by atoms with Crippen molar-refractivity contribution < 1.29 is 17.8 Å². The predicted molar refractivity (Wildman–Crippen MR) is 198 cm³/mol. The van der Waals surface area contributed by atoms with Crippen LogP contribution < -0.4 is 19.7 Å². The maximum absolute atomic E-state index is 13.7. The van der Waals surface area contributed by atoms with Crippen LogP contribution in [0.4, 0.5) is 5.69 Å². The van der Waals surface area contributed by atoms with Gasteiger partial charge in [-0.1, -0.05) is 97.1 Å². The van der Waals surface area contributed by atoms with Crippen LogP contribution >= 0.6 is 35.3 Å². The number of thiocarbonyl (C=S) groups is 1. The lowest BCUT2D eigenvalue weighted by Crippen LogP contribution is -2.35. The van der Waals surface area contributed by atoms with Crippen LogP contribution in [0.2, 0.25) is 0 Å². The van der Waals surface area contributed by atoms with Gasteiger partial charge in [0.25, 0.3) is 21.6 Å². The van der Waals surface area contributed by atoms with E-state index in [0.717, 1.165) is 70.3 Å². The molecule has 4 aromatic rings. The van der Waals surface area contributed by atoms with E-state index in [-0.39, 0.29) is 17.4 Å². The third-order valence-electron chi connectivity index (χ3n) is 9.14. The van der Waals surface area contributed by atoms with E-state index < -0.39 is 21.4 Å². The zero-order valence-corrected chi connectivity index (χ0v) is 29.4. The summed E-state index contributed by atoms with van der Waals surface area (Å²) in [7, 11) is -4.35. The van der Waals surface area contributed by atoms with Crippen LogP contribution in [0, 0.1) is 0 Å². The minimum Gasteiger partial charge on any atom is -0.343 e. The first kappa shape index (κ1) is 32.7. The summed E-state index contributed by atoms with van der Waals surface area (Å²) in [5.74, 6) is -0.611. The van der Waals surface area contributed by atoms with Gasteiger partial charge in [0.05, 0.1) is 10.3 Å². The van der Waals surface area contributed by atoms with Crippen molar-refractivity contribution in [1.82, 2.24) is 9.47 Å². The number of hydrogen-bond acceptors (Lipinski definition) is 8. The number of fused-ring (bicyclic) bond motifs is 3. The lowest BCUT2D eigenvalue weighted by Gasteiger charge is -2.25. The standard InChI is InChI=1S/C36H33N3O5S4/c1-2-37-34(41)32(47-36(37)45)35-38(18-19-48(42,43)44)33(40)31(46-35)21-23-16-17-30-27(20-23)26-14-9-15-29(26)39(30)22-28(24-10-5-3-6-11-24)25-12-7-4-8-13-25/h3-8,10-13,16-17,20-22,26,29H,2,9,14-15,18-19H2,1H3,(H,42,43,44). The molecule has 7 rings (SSSR count). The van der Waals surface area contributed by atoms with Gasteiger partial charge in [0, 0.05) is 42.5 Å². The second kappa shape index (κ2) is 13.2. The van der Waals surface area contributed by atoms with Gasteiger partial charge in [0.15, 0.2) is 0 Å². The highest BCUT2D eigenvalue weighted by Gasteiger charge is 2.41. The van der Waals surface area contributed by atoms with Crippen LogP contribution in [-0.4, -0.2) is 51.0 Å². The van der Waals surface area contributed by atoms with Gasteiger partial charge in [-0.15, -0.1) is 11.3 Å². The van der Waals surface area contributed by atoms with E-state index in [1.165, 1.54) is 15.0 Å². The number of nitrogens with zero attached hydrogens (tertiary/aromatic N) is 3. The van der Waals surface area contributed by atoms with Crippen LogP contribution in [0.1, 0.15) is 54.4 Å². The van der Waals surface area contributed by atoms with E-state index in [1.54, 1.807) is 0 Å². The molecule has 1 amide bonds. The van der Waals surface area contributed by atoms with Gasteiger partial charge in [-0.05, 0) is 60.2 Å². The van der Waals surface area contributed by atoms with Gasteiger partial charge in [-0.3, -0.25) is 23.6 Å². The number of amides is 1. The van der Waals surface area contributed by atoms with Gasteiger partial charge in [-0.25, -0.2) is 0 Å². The lowest BCUT2D eigenvalue weighted by molar-refractivity contribution is -0.120. The van der Waals surface area contributed by atoms with Gasteiger partial charge < -0.3 is 4.90 Å². The lowest BCUT2D eigenvalue weighted by atomic mass is 9.96. The molecule has 12 heteroatoms. The highest BCUT2D eigenvalue weighted by Crippen LogP contribution is 2.50. The molecule has 246 valence electrons. The summed E-state index contributed by atoms with van der Waals surface area (Å²) in [6, 6.07) is 27.5. The summed E-state index contributed by atoms with van der Waals surface area (Å²) in [4.78, 5) is 31.1. The third-order valence-corrected chi connectivity index (χ3v) is 12.5. The molecule has 1 aromatic heterocycles. The van der Waals surface area contributed by atoms with Crippen LogP contribution in [0.15, 0.2) is 89.9 Å². The molecule has 2 fully saturated rings. The molecular formula is C36H33N3O5S4. The normalized spacial score (nSPS) is 20.4. The SMILES string of the molecule is CCN1C(=O)C(=c2sc(=Cc3ccc4c(c3)C3CCCC3N4C=C(c3ccccc3)c3ccccc3)c(=O)n2CCS(=O)(=O)O)SC1=S. The highest BCUT2D eigenvalue weighted by molar-refractivity contribution is 8.30. The summed E-state index contributed by atoms with van der Waals surface area (Å²) >= 11 is 7.63. The fraction of sp³-hybridized carbons (Fsp3) is 0.250. The van der Waals surface area contributed by atoms with E-state index in [4.69, 9.17) is 12.2 Å². The fourth-order valence-electron chi connectivity index (χ4n) is 6.91. The molecule has 48 heavy (non-hydrogen) atoms. The Labute approximate surface area is 292 Å². The van der Waals surface area contributed by atoms with Crippen LogP contribution in [-0.2, 0) is 21.5 Å². The minimum absolute atomic E-state index is 0.284. The molecule has 2 unspecified atom stereocenters. The van der Waals surface area contributed by atoms with Crippen molar-refractivity contribution in [2.24, 2.45) is 0 Å². The number of benzene rings is 3. The van der Waals surface area contributed by atoms with Crippen molar-refractivity contribution in [2.75, 3.05) is 17.2 Å². The Morgan fingerprint density at radius 2 is 1.69 bits per heavy atom. The van der Waals surface area contributed by atoms with Gasteiger partial charge in [0.2, 0.25) is 0 Å². The Balaban J connectivity index is 1.33. The number of anilines is 1. The summed E-state index contributed by atoms with van der Waals surface area (Å²) in [6.45, 7) is 1.92. The number of hydrogen-bond donors (Lipinski definition) is 1. The van der Waals surface area contributed by atoms with E-state index >= 15 is 0 Å². The van der Waals surface area contributed by atoms with Crippen molar-refractivity contribution in [3.05, 3.63) is 127 Å². The monoisotopic (exact) mass is 715 g/mol. The minimum atomic E-state index is -4.35. The maximum atomic E-state index is 13.7. The second-order valence-corrected chi connectivity index (χ2v) is 16.3. The zero-order valence-electron chi connectivity index (χ0n) is 26.1.